The van der Waals surface area contributed by atoms with Crippen LogP contribution in [-0.2, 0) is 15.3 Å². The summed E-state index contributed by atoms with van der Waals surface area (Å²) < 4.78 is 22.6. The molecular formula is C12H20N4O3S. The number of amides is 1. The molecule has 0 aromatic carbocycles. The summed E-state index contributed by atoms with van der Waals surface area (Å²) in [6.07, 6.45) is 0.898. The van der Waals surface area contributed by atoms with E-state index in [2.05, 4.69) is 20.5 Å². The van der Waals surface area contributed by atoms with Crippen molar-refractivity contribution in [2.75, 3.05) is 11.5 Å². The highest BCUT2D eigenvalue weighted by Crippen LogP contribution is 2.17. The Kier molecular flexibility index (Phi) is 3.86. The summed E-state index contributed by atoms with van der Waals surface area (Å²) in [5.74, 6) is 0.636. The monoisotopic (exact) mass is 300 g/mol. The van der Waals surface area contributed by atoms with Gasteiger partial charge in [-0.25, -0.2) is 13.4 Å². The Hall–Kier alpha value is -1.44. The molecule has 20 heavy (non-hydrogen) atoms. The van der Waals surface area contributed by atoms with Gasteiger partial charge in [-0.2, -0.15) is 0 Å². The largest absolute Gasteiger partial charge is 0.346 e. The second kappa shape index (κ2) is 5.16. The number of H-pyrrole nitrogens is 1. The van der Waals surface area contributed by atoms with Gasteiger partial charge in [-0.05, 0) is 12.8 Å². The summed E-state index contributed by atoms with van der Waals surface area (Å²) in [6, 6.07) is -0.123. The fourth-order valence-corrected chi connectivity index (χ4v) is 3.47. The number of sulfone groups is 1. The summed E-state index contributed by atoms with van der Waals surface area (Å²) in [6.45, 7) is 5.92. The second-order valence-corrected chi connectivity index (χ2v) is 8.46. The van der Waals surface area contributed by atoms with Crippen molar-refractivity contribution in [2.45, 2.75) is 45.1 Å². The van der Waals surface area contributed by atoms with Crippen LogP contribution in [0.15, 0.2) is 0 Å². The van der Waals surface area contributed by atoms with Gasteiger partial charge in [-0.1, -0.05) is 20.8 Å². The lowest BCUT2D eigenvalue weighted by Gasteiger charge is -2.22. The van der Waals surface area contributed by atoms with Gasteiger partial charge in [0.2, 0.25) is 5.82 Å². The summed E-state index contributed by atoms with van der Waals surface area (Å²) >= 11 is 0. The van der Waals surface area contributed by atoms with E-state index in [1.165, 1.54) is 0 Å². The summed E-state index contributed by atoms with van der Waals surface area (Å²) in [5, 5.41) is 9.46. The number of aromatic nitrogens is 3. The molecule has 0 unspecified atom stereocenters. The van der Waals surface area contributed by atoms with E-state index in [0.29, 0.717) is 18.7 Å². The Labute approximate surface area is 118 Å². The van der Waals surface area contributed by atoms with Gasteiger partial charge in [0.05, 0.1) is 11.5 Å². The maximum absolute atomic E-state index is 12.0. The Morgan fingerprint density at radius 2 is 1.90 bits per heavy atom. The average Bonchev–Trinajstić information content (AvgIpc) is 2.81. The van der Waals surface area contributed by atoms with Crippen molar-refractivity contribution < 1.29 is 13.2 Å². The van der Waals surface area contributed by atoms with E-state index in [9.17, 15) is 13.2 Å². The molecular weight excluding hydrogens is 280 g/mol. The lowest BCUT2D eigenvalue weighted by molar-refractivity contribution is 0.0924. The van der Waals surface area contributed by atoms with Gasteiger partial charge in [0.25, 0.3) is 5.91 Å². The smallest absolute Gasteiger partial charge is 0.291 e. The molecule has 1 aromatic rings. The molecule has 0 spiro atoms. The molecule has 0 aliphatic carbocycles. The van der Waals surface area contributed by atoms with E-state index in [1.807, 2.05) is 20.8 Å². The molecule has 8 heteroatoms. The minimum atomic E-state index is -2.92. The van der Waals surface area contributed by atoms with Crippen molar-refractivity contribution in [1.29, 1.82) is 0 Å². The molecule has 0 bridgehead atoms. The molecule has 1 aliphatic rings. The molecule has 1 aromatic heterocycles. The van der Waals surface area contributed by atoms with Crippen LogP contribution >= 0.6 is 0 Å². The Morgan fingerprint density at radius 1 is 1.30 bits per heavy atom. The van der Waals surface area contributed by atoms with Crippen molar-refractivity contribution in [1.82, 2.24) is 20.5 Å². The van der Waals surface area contributed by atoms with Crippen LogP contribution < -0.4 is 5.32 Å². The minimum absolute atomic E-state index is 0.100. The van der Waals surface area contributed by atoms with Gasteiger partial charge in [0.1, 0.15) is 15.7 Å². The zero-order valence-electron chi connectivity index (χ0n) is 11.9. The summed E-state index contributed by atoms with van der Waals surface area (Å²) in [5.41, 5.74) is -0.204. The first kappa shape index (κ1) is 15.0. The van der Waals surface area contributed by atoms with E-state index in [0.717, 1.165) is 0 Å². The van der Waals surface area contributed by atoms with Crippen LogP contribution in [0.4, 0.5) is 0 Å². The van der Waals surface area contributed by atoms with Crippen molar-refractivity contribution in [3.63, 3.8) is 0 Å². The molecule has 2 N–H and O–H groups in total. The lowest BCUT2D eigenvalue weighted by Crippen LogP contribution is -2.41. The van der Waals surface area contributed by atoms with Crippen molar-refractivity contribution in [3.8, 4) is 0 Å². The van der Waals surface area contributed by atoms with Gasteiger partial charge in [0.15, 0.2) is 0 Å². The SMILES string of the molecule is CC(C)(C)c1nc(C(=O)NC2CCS(=O)(=O)CC2)n[nH]1. The van der Waals surface area contributed by atoms with Crippen molar-refractivity contribution in [2.24, 2.45) is 0 Å². The van der Waals surface area contributed by atoms with Crippen LogP contribution in [-0.4, -0.2) is 47.1 Å². The fraction of sp³-hybridized carbons (Fsp3) is 0.750. The normalized spacial score (nSPS) is 19.8. The zero-order valence-corrected chi connectivity index (χ0v) is 12.7. The summed E-state index contributed by atoms with van der Waals surface area (Å²) in [7, 11) is -2.92. The van der Waals surface area contributed by atoms with Crippen LogP contribution in [0.2, 0.25) is 0 Å². The Bertz CT molecular complexity index is 586. The highest BCUT2D eigenvalue weighted by atomic mass is 32.2. The Balaban J connectivity index is 1.97. The molecule has 0 radical (unpaired) electrons. The van der Waals surface area contributed by atoms with Gasteiger partial charge < -0.3 is 5.32 Å². The minimum Gasteiger partial charge on any atom is -0.346 e. The van der Waals surface area contributed by atoms with E-state index in [4.69, 9.17) is 0 Å². The topological polar surface area (TPSA) is 105 Å². The van der Waals surface area contributed by atoms with Crippen LogP contribution in [0.25, 0.3) is 0 Å². The number of rotatable bonds is 2. The highest BCUT2D eigenvalue weighted by Gasteiger charge is 2.27. The molecule has 0 saturated carbocycles. The molecule has 2 rings (SSSR count). The first-order chi connectivity index (χ1) is 9.17. The number of hydrogen-bond acceptors (Lipinski definition) is 5. The lowest BCUT2D eigenvalue weighted by atomic mass is 9.96. The predicted octanol–water partition coefficient (Wildman–Crippen LogP) is 0.409. The predicted molar refractivity (Wildman–Crippen MR) is 74.2 cm³/mol. The molecule has 1 amide bonds. The molecule has 0 atom stereocenters. The second-order valence-electron chi connectivity index (χ2n) is 6.16. The average molecular weight is 300 g/mol. The van der Waals surface area contributed by atoms with Gasteiger partial charge in [-0.15, -0.1) is 5.10 Å². The van der Waals surface area contributed by atoms with Gasteiger partial charge >= 0.3 is 0 Å². The highest BCUT2D eigenvalue weighted by molar-refractivity contribution is 7.91. The first-order valence-corrected chi connectivity index (χ1v) is 8.44. The molecule has 7 nitrogen and oxygen atoms in total. The van der Waals surface area contributed by atoms with E-state index in [-0.39, 0.29) is 34.7 Å². The third-order valence-electron chi connectivity index (χ3n) is 3.29. The number of aromatic amines is 1. The van der Waals surface area contributed by atoms with Crippen LogP contribution in [0.1, 0.15) is 50.1 Å². The van der Waals surface area contributed by atoms with Crippen LogP contribution in [0, 0.1) is 0 Å². The third-order valence-corrected chi connectivity index (χ3v) is 5.00. The molecule has 1 fully saturated rings. The van der Waals surface area contributed by atoms with Crippen LogP contribution in [0.5, 0.6) is 0 Å². The maximum Gasteiger partial charge on any atom is 0.291 e. The van der Waals surface area contributed by atoms with E-state index >= 15 is 0 Å². The third kappa shape index (κ3) is 3.56. The first-order valence-electron chi connectivity index (χ1n) is 6.61. The summed E-state index contributed by atoms with van der Waals surface area (Å²) in [4.78, 5) is 16.2. The standard InChI is InChI=1S/C12H20N4O3S/c1-12(2,3)11-14-9(15-16-11)10(17)13-8-4-6-20(18,19)7-5-8/h8H,4-7H2,1-3H3,(H,13,17)(H,14,15,16). The molecule has 112 valence electrons. The number of hydrogen-bond donors (Lipinski definition) is 2. The molecule has 1 aliphatic heterocycles. The Morgan fingerprint density at radius 3 is 2.40 bits per heavy atom. The van der Waals surface area contributed by atoms with Crippen molar-refractivity contribution >= 4 is 15.7 Å². The van der Waals surface area contributed by atoms with Crippen LogP contribution in [0.3, 0.4) is 0 Å². The van der Waals surface area contributed by atoms with Crippen molar-refractivity contribution in [3.05, 3.63) is 11.6 Å². The number of carbonyl (C=O) groups is 1. The van der Waals surface area contributed by atoms with Gasteiger partial charge in [-0.3, -0.25) is 9.89 Å². The maximum atomic E-state index is 12.0. The van der Waals surface area contributed by atoms with E-state index in [1.54, 1.807) is 0 Å². The quantitative estimate of drug-likeness (QED) is 0.823. The molecule has 1 saturated heterocycles. The fourth-order valence-electron chi connectivity index (χ4n) is 1.98. The molecule has 2 heterocycles. The number of nitrogens with zero attached hydrogens (tertiary/aromatic N) is 2. The van der Waals surface area contributed by atoms with E-state index < -0.39 is 9.84 Å². The number of carbonyl (C=O) groups excluding carboxylic acids is 1. The van der Waals surface area contributed by atoms with Gasteiger partial charge in [0, 0.05) is 11.5 Å². The zero-order chi connectivity index (χ0) is 15.0. The number of nitrogens with one attached hydrogen (secondary N) is 2.